The number of para-hydroxylation sites is 3. The number of hydrogen-bond acceptors (Lipinski definition) is 10. The zero-order valence-electron chi connectivity index (χ0n) is 31.9. The highest BCUT2D eigenvalue weighted by Crippen LogP contribution is 2.45. The molecule has 2 fully saturated rings. The topological polar surface area (TPSA) is 193 Å². The normalized spacial score (nSPS) is 24.2. The number of anilines is 1. The molecule has 5 N–H and O–H groups in total. The Hall–Kier alpha value is -6.03. The summed E-state index contributed by atoms with van der Waals surface area (Å²) in [7, 11) is 0. The summed E-state index contributed by atoms with van der Waals surface area (Å²) < 4.78 is 12.1. The molecule has 0 radical (unpaired) electrons. The van der Waals surface area contributed by atoms with E-state index in [0.29, 0.717) is 48.1 Å². The summed E-state index contributed by atoms with van der Waals surface area (Å²) >= 11 is 1.48. The van der Waals surface area contributed by atoms with Crippen LogP contribution < -0.4 is 31.5 Å². The minimum Gasteiger partial charge on any atom is -0.471 e. The van der Waals surface area contributed by atoms with Gasteiger partial charge in [0.15, 0.2) is 0 Å². The number of alkyl carbamates (subject to hydrolysis) is 1. The van der Waals surface area contributed by atoms with E-state index in [1.165, 1.54) is 16.2 Å². The fourth-order valence-electron chi connectivity index (χ4n) is 7.15. The first-order valence-electron chi connectivity index (χ1n) is 19.1. The average molecular weight is 795 g/mol. The van der Waals surface area contributed by atoms with Crippen LogP contribution in [0.3, 0.4) is 0 Å². The fraction of sp³-hybridized carbons (Fsp3) is 0.390. The van der Waals surface area contributed by atoms with Crippen LogP contribution >= 0.6 is 11.3 Å². The number of benzene rings is 2. The van der Waals surface area contributed by atoms with E-state index in [-0.39, 0.29) is 31.2 Å². The molecule has 4 aromatic rings. The van der Waals surface area contributed by atoms with E-state index in [1.807, 2.05) is 60.0 Å². The van der Waals surface area contributed by atoms with E-state index in [0.717, 1.165) is 4.88 Å². The number of nitrogens with zero attached hydrogens (tertiary/aromatic N) is 3. The Morgan fingerprint density at radius 1 is 0.947 bits per heavy atom. The van der Waals surface area contributed by atoms with Gasteiger partial charge in [-0.15, -0.1) is 11.3 Å². The van der Waals surface area contributed by atoms with Gasteiger partial charge in [-0.05, 0) is 82.2 Å². The summed E-state index contributed by atoms with van der Waals surface area (Å²) in [5.41, 5.74) is 5.02. The molecule has 57 heavy (non-hydrogen) atoms. The number of allylic oxidation sites excluding steroid dienone is 1. The minimum absolute atomic E-state index is 0.00839. The molecule has 15 nitrogen and oxygen atoms in total. The van der Waals surface area contributed by atoms with Gasteiger partial charge in [-0.1, -0.05) is 55.0 Å². The molecule has 0 bridgehead atoms. The Morgan fingerprint density at radius 3 is 2.44 bits per heavy atom. The van der Waals surface area contributed by atoms with Gasteiger partial charge >= 0.3 is 12.1 Å². The molecule has 4 heterocycles. The predicted molar refractivity (Wildman–Crippen MR) is 214 cm³/mol. The molecule has 7 rings (SSSR count). The van der Waals surface area contributed by atoms with Crippen LogP contribution in [-0.4, -0.2) is 80.6 Å². The van der Waals surface area contributed by atoms with Crippen molar-refractivity contribution in [3.63, 3.8) is 0 Å². The van der Waals surface area contributed by atoms with Gasteiger partial charge < -0.3 is 30.3 Å². The van der Waals surface area contributed by atoms with Crippen molar-refractivity contribution in [1.82, 2.24) is 36.4 Å². The molecule has 16 heteroatoms. The quantitative estimate of drug-likeness (QED) is 0.125. The lowest BCUT2D eigenvalue weighted by atomic mass is 10.0. The highest BCUT2D eigenvalue weighted by Gasteiger charge is 2.61. The summed E-state index contributed by atoms with van der Waals surface area (Å²) in [6.07, 6.45) is 5.00. The van der Waals surface area contributed by atoms with Gasteiger partial charge in [0.1, 0.15) is 35.0 Å². The van der Waals surface area contributed by atoms with Gasteiger partial charge in [0.05, 0.1) is 22.5 Å². The highest BCUT2D eigenvalue weighted by molar-refractivity contribution is 7.13. The molecule has 0 unspecified atom stereocenters. The van der Waals surface area contributed by atoms with Crippen molar-refractivity contribution in [1.29, 1.82) is 0 Å². The van der Waals surface area contributed by atoms with Crippen LogP contribution in [0.25, 0.3) is 21.6 Å². The molecule has 6 amide bonds. The molecule has 1 saturated carbocycles. The zero-order valence-corrected chi connectivity index (χ0v) is 32.8. The lowest BCUT2D eigenvalue weighted by molar-refractivity contribution is -0.141. The molecule has 2 aliphatic heterocycles. The number of ether oxygens (including phenoxy) is 2. The van der Waals surface area contributed by atoms with Crippen molar-refractivity contribution in [2.45, 2.75) is 88.6 Å². The third-order valence-corrected chi connectivity index (χ3v) is 10.9. The summed E-state index contributed by atoms with van der Waals surface area (Å²) in [4.78, 5) is 80.4. The minimum atomic E-state index is -1.39. The van der Waals surface area contributed by atoms with Gasteiger partial charge in [-0.25, -0.2) is 25.0 Å². The monoisotopic (exact) mass is 794 g/mol. The van der Waals surface area contributed by atoms with Crippen LogP contribution in [0.5, 0.6) is 5.88 Å². The van der Waals surface area contributed by atoms with Crippen molar-refractivity contribution in [2.75, 3.05) is 11.9 Å². The second-order valence-corrected chi connectivity index (χ2v) is 16.4. The van der Waals surface area contributed by atoms with Gasteiger partial charge in [0.25, 0.3) is 5.91 Å². The molecule has 1 saturated heterocycles. The molecular formula is C41H46N8O7S. The maximum Gasteiger partial charge on any atom is 0.408 e. The first kappa shape index (κ1) is 39.2. The molecule has 3 aliphatic rings. The maximum absolute atomic E-state index is 14.5. The van der Waals surface area contributed by atoms with Gasteiger partial charge in [-0.3, -0.25) is 19.8 Å². The number of aromatic nitrogens is 2. The second-order valence-electron chi connectivity index (χ2n) is 15.4. The van der Waals surface area contributed by atoms with E-state index < -0.39 is 59.2 Å². The first-order chi connectivity index (χ1) is 27.4. The first-order valence-corrected chi connectivity index (χ1v) is 19.9. The Kier molecular flexibility index (Phi) is 11.4. The molecule has 1 aliphatic carbocycles. The summed E-state index contributed by atoms with van der Waals surface area (Å²) in [6.45, 7) is 5.20. The number of rotatable bonds is 6. The number of carbonyl (C=O) groups is 5. The third-order valence-electron chi connectivity index (χ3n) is 9.98. The Balaban J connectivity index is 1.16. The van der Waals surface area contributed by atoms with Crippen molar-refractivity contribution >= 4 is 57.9 Å². The van der Waals surface area contributed by atoms with Crippen molar-refractivity contribution < 1.29 is 33.4 Å². The largest absolute Gasteiger partial charge is 0.471 e. The summed E-state index contributed by atoms with van der Waals surface area (Å²) in [6, 6.07) is 17.3. The van der Waals surface area contributed by atoms with Crippen molar-refractivity contribution in [3.05, 3.63) is 84.3 Å². The smallest absolute Gasteiger partial charge is 0.408 e. The number of urea groups is 1. The van der Waals surface area contributed by atoms with Crippen LogP contribution in [0.4, 0.5) is 15.3 Å². The second kappa shape index (κ2) is 16.6. The number of thiophene rings is 1. The lowest BCUT2D eigenvalue weighted by Crippen LogP contribution is -2.59. The van der Waals surface area contributed by atoms with E-state index in [1.54, 1.807) is 45.0 Å². The SMILES string of the molecule is CC(C)(C)OC(=O)N[C@H]1CCCC/C=C/[C@@H]2C[C@@]2(C(=O)NNC(=O)Nc2ccccc2)NC(=O)[C@@H]2C[C@@H](Oc3nc4ccccc4nc3-c3cccs3)CN2C1=O. The van der Waals surface area contributed by atoms with Crippen LogP contribution in [0.1, 0.15) is 59.3 Å². The van der Waals surface area contributed by atoms with Gasteiger partial charge in [-0.2, -0.15) is 0 Å². The molecule has 298 valence electrons. The summed E-state index contributed by atoms with van der Waals surface area (Å²) in [5, 5.41) is 10.3. The predicted octanol–water partition coefficient (Wildman–Crippen LogP) is 5.46. The van der Waals surface area contributed by atoms with E-state index >= 15 is 0 Å². The Labute approximate surface area is 334 Å². The Bertz CT molecular complexity index is 2160. The Morgan fingerprint density at radius 2 is 1.70 bits per heavy atom. The number of nitrogens with one attached hydrogen (secondary N) is 5. The van der Waals surface area contributed by atoms with Gasteiger partial charge in [0.2, 0.25) is 17.7 Å². The summed E-state index contributed by atoms with van der Waals surface area (Å²) in [5.74, 6) is -1.77. The van der Waals surface area contributed by atoms with Crippen LogP contribution in [0, 0.1) is 5.92 Å². The van der Waals surface area contributed by atoms with Gasteiger partial charge in [0, 0.05) is 18.0 Å². The van der Waals surface area contributed by atoms with Crippen molar-refractivity contribution in [2.24, 2.45) is 5.92 Å². The van der Waals surface area contributed by atoms with Crippen LogP contribution in [-0.2, 0) is 19.1 Å². The average Bonchev–Trinajstić information content (AvgIpc) is 3.47. The molecular weight excluding hydrogens is 749 g/mol. The number of hydrazine groups is 1. The number of fused-ring (bicyclic) bond motifs is 3. The van der Waals surface area contributed by atoms with Crippen LogP contribution in [0.15, 0.2) is 84.3 Å². The standard InChI is InChI=1S/C41H46N8O7S/c1-40(2,3)56-39(54)45-30-19-10-5-4-7-14-25-23-41(25,37(52)47-48-38(53)42-26-15-8-6-9-16-26)46-34(50)31-22-27(24-49(31)36(30)51)55-35-33(32-20-13-21-57-32)43-28-17-11-12-18-29(28)44-35/h6-9,11-18,20-21,25,27,30-31H,4-5,10,19,22-24H2,1-3H3,(H,45,54)(H,46,50)(H,47,52)(H2,42,48,53)/b14-7+/t25-,27-,30+,31+,41-/m1/s1. The van der Waals surface area contributed by atoms with E-state index in [9.17, 15) is 24.0 Å². The number of amides is 6. The zero-order chi connectivity index (χ0) is 40.2. The molecule has 5 atom stereocenters. The van der Waals surface area contributed by atoms with E-state index in [4.69, 9.17) is 19.4 Å². The third kappa shape index (κ3) is 9.34. The maximum atomic E-state index is 14.5. The number of carbonyl (C=O) groups excluding carboxylic acids is 5. The highest BCUT2D eigenvalue weighted by atomic mass is 32.1. The molecule has 2 aromatic heterocycles. The van der Waals surface area contributed by atoms with Crippen molar-refractivity contribution in [3.8, 4) is 16.5 Å². The molecule has 0 spiro atoms. The molecule has 2 aromatic carbocycles. The fourth-order valence-corrected chi connectivity index (χ4v) is 7.85. The van der Waals surface area contributed by atoms with Crippen LogP contribution in [0.2, 0.25) is 0 Å². The number of hydrogen-bond donors (Lipinski definition) is 5. The lowest BCUT2D eigenvalue weighted by Gasteiger charge is -2.30. The van der Waals surface area contributed by atoms with E-state index in [2.05, 4.69) is 26.8 Å².